The Bertz CT molecular complexity index is 1040. The molecule has 4 rings (SSSR count). The predicted molar refractivity (Wildman–Crippen MR) is 123 cm³/mol. The Morgan fingerprint density at radius 1 is 1.10 bits per heavy atom. The van der Waals surface area contributed by atoms with E-state index in [2.05, 4.69) is 20.3 Å². The summed E-state index contributed by atoms with van der Waals surface area (Å²) in [7, 11) is 0. The zero-order valence-electron chi connectivity index (χ0n) is 18.0. The summed E-state index contributed by atoms with van der Waals surface area (Å²) in [6, 6.07) is 15.9. The van der Waals surface area contributed by atoms with Crippen LogP contribution in [0.2, 0.25) is 0 Å². The van der Waals surface area contributed by atoms with E-state index in [-0.39, 0.29) is 11.8 Å². The molecule has 2 aromatic heterocycles. The summed E-state index contributed by atoms with van der Waals surface area (Å²) >= 11 is 0. The van der Waals surface area contributed by atoms with Gasteiger partial charge in [0.2, 0.25) is 11.9 Å². The van der Waals surface area contributed by atoms with Gasteiger partial charge in [0.05, 0.1) is 11.9 Å². The molecule has 0 bridgehead atoms. The maximum atomic E-state index is 12.7. The van der Waals surface area contributed by atoms with Crippen molar-refractivity contribution in [3.63, 3.8) is 0 Å². The lowest BCUT2D eigenvalue weighted by Crippen LogP contribution is -2.38. The second-order valence-electron chi connectivity index (χ2n) is 7.94. The van der Waals surface area contributed by atoms with Crippen LogP contribution in [0.4, 0.5) is 11.6 Å². The third kappa shape index (κ3) is 5.54. The number of rotatable bonds is 5. The minimum absolute atomic E-state index is 0.0544. The number of nitrogens with zero attached hydrogens (tertiary/aromatic N) is 4. The second kappa shape index (κ2) is 9.51. The lowest BCUT2D eigenvalue weighted by Gasteiger charge is -2.31. The minimum atomic E-state index is 0.0544. The summed E-state index contributed by atoms with van der Waals surface area (Å²) in [4.78, 5) is 28.1. The third-order valence-corrected chi connectivity index (χ3v) is 5.39. The Labute approximate surface area is 183 Å². The molecule has 1 saturated heterocycles. The second-order valence-corrected chi connectivity index (χ2v) is 7.94. The van der Waals surface area contributed by atoms with Crippen molar-refractivity contribution in [3.05, 3.63) is 83.4 Å². The summed E-state index contributed by atoms with van der Waals surface area (Å²) in [6.07, 6.45) is 7.37. The quantitative estimate of drug-likeness (QED) is 0.617. The van der Waals surface area contributed by atoms with Gasteiger partial charge >= 0.3 is 0 Å². The summed E-state index contributed by atoms with van der Waals surface area (Å²) in [5.74, 6) is 0.875. The first-order chi connectivity index (χ1) is 15.1. The molecule has 0 radical (unpaired) electrons. The molecule has 1 aliphatic heterocycles. The molecular weight excluding hydrogens is 386 g/mol. The van der Waals surface area contributed by atoms with Gasteiger partial charge in [0.25, 0.3) is 0 Å². The van der Waals surface area contributed by atoms with Crippen LogP contribution in [0.3, 0.4) is 0 Å². The van der Waals surface area contributed by atoms with E-state index in [0.29, 0.717) is 12.5 Å². The van der Waals surface area contributed by atoms with E-state index in [0.717, 1.165) is 47.7 Å². The number of aromatic nitrogens is 3. The normalized spacial score (nSPS) is 16.5. The van der Waals surface area contributed by atoms with E-state index in [1.165, 1.54) is 0 Å². The molecule has 0 spiro atoms. The van der Waals surface area contributed by atoms with Gasteiger partial charge < -0.3 is 10.2 Å². The molecule has 6 heteroatoms. The number of nitrogens with one attached hydrogen (secondary N) is 1. The number of pyridine rings is 1. The Hall–Kier alpha value is -3.54. The lowest BCUT2D eigenvalue weighted by atomic mass is 9.94. The van der Waals surface area contributed by atoms with Crippen molar-refractivity contribution in [2.75, 3.05) is 18.4 Å². The Morgan fingerprint density at radius 3 is 2.58 bits per heavy atom. The molecule has 1 amide bonds. The molecule has 31 heavy (non-hydrogen) atoms. The van der Waals surface area contributed by atoms with E-state index in [4.69, 9.17) is 0 Å². The average molecular weight is 414 g/mol. The maximum absolute atomic E-state index is 12.7. The third-order valence-electron chi connectivity index (χ3n) is 5.39. The molecule has 1 N–H and O–H groups in total. The van der Waals surface area contributed by atoms with Gasteiger partial charge in [-0.25, -0.2) is 9.97 Å². The monoisotopic (exact) mass is 413 g/mol. The lowest BCUT2D eigenvalue weighted by molar-refractivity contribution is -0.127. The molecule has 158 valence electrons. The van der Waals surface area contributed by atoms with Gasteiger partial charge in [-0.05, 0) is 56.5 Å². The topological polar surface area (TPSA) is 71.0 Å². The van der Waals surface area contributed by atoms with Gasteiger partial charge in [-0.1, -0.05) is 30.3 Å². The van der Waals surface area contributed by atoms with Crippen molar-refractivity contribution in [3.8, 4) is 0 Å². The number of likely N-dealkylation sites (tertiary alicyclic amines) is 1. The van der Waals surface area contributed by atoms with Crippen LogP contribution in [-0.2, 0) is 4.79 Å². The van der Waals surface area contributed by atoms with E-state index in [1.54, 1.807) is 6.08 Å². The highest BCUT2D eigenvalue weighted by Crippen LogP contribution is 2.27. The molecule has 1 unspecified atom stereocenters. The fraction of sp³-hybridized carbons (Fsp3) is 0.280. The van der Waals surface area contributed by atoms with E-state index in [1.807, 2.05) is 79.6 Å². The van der Waals surface area contributed by atoms with Crippen LogP contribution in [0.1, 0.15) is 41.4 Å². The zero-order valence-corrected chi connectivity index (χ0v) is 18.0. The van der Waals surface area contributed by atoms with Crippen LogP contribution in [0.25, 0.3) is 6.08 Å². The van der Waals surface area contributed by atoms with Crippen molar-refractivity contribution in [1.82, 2.24) is 19.9 Å². The highest BCUT2D eigenvalue weighted by Gasteiger charge is 2.24. The molecular formula is C25H27N5O. The van der Waals surface area contributed by atoms with Crippen LogP contribution in [-0.4, -0.2) is 38.8 Å². The first-order valence-electron chi connectivity index (χ1n) is 10.6. The van der Waals surface area contributed by atoms with Gasteiger partial charge in [-0.3, -0.25) is 9.78 Å². The molecule has 0 saturated carbocycles. The molecule has 6 nitrogen and oxygen atoms in total. The van der Waals surface area contributed by atoms with Crippen LogP contribution >= 0.6 is 0 Å². The number of aryl methyl sites for hydroxylation is 2. The van der Waals surface area contributed by atoms with E-state index in [9.17, 15) is 4.79 Å². The van der Waals surface area contributed by atoms with Gasteiger partial charge in [-0.2, -0.15) is 0 Å². The fourth-order valence-corrected chi connectivity index (χ4v) is 3.89. The van der Waals surface area contributed by atoms with E-state index < -0.39 is 0 Å². The SMILES string of the molecule is Cc1cc(C)nc(Nc2ccc(C3CCCN(C(=O)/C=C/c4ccccc4)C3)nc2)n1. The standard InChI is InChI=1S/C25H27N5O/c1-18-15-19(2)28-25(27-18)29-22-11-12-23(26-16-22)21-9-6-14-30(17-21)24(31)13-10-20-7-4-3-5-8-20/h3-5,7-8,10-13,15-16,21H,6,9,14,17H2,1-2H3,(H,27,28,29)/b13-10+. The van der Waals surface area contributed by atoms with Gasteiger partial charge in [0, 0.05) is 42.2 Å². The van der Waals surface area contributed by atoms with Crippen LogP contribution in [0, 0.1) is 13.8 Å². The number of carbonyl (C=O) groups excluding carboxylic acids is 1. The van der Waals surface area contributed by atoms with Crippen molar-refractivity contribution < 1.29 is 4.79 Å². The number of piperidine rings is 1. The Morgan fingerprint density at radius 2 is 1.87 bits per heavy atom. The summed E-state index contributed by atoms with van der Waals surface area (Å²) in [6.45, 7) is 5.38. The summed E-state index contributed by atoms with van der Waals surface area (Å²) < 4.78 is 0. The first-order valence-corrected chi connectivity index (χ1v) is 10.6. The summed E-state index contributed by atoms with van der Waals surface area (Å²) in [5.41, 5.74) is 4.74. The van der Waals surface area contributed by atoms with Crippen molar-refractivity contribution >= 4 is 23.6 Å². The van der Waals surface area contributed by atoms with Crippen LogP contribution in [0.5, 0.6) is 0 Å². The Kier molecular flexibility index (Phi) is 6.36. The molecule has 1 aromatic carbocycles. The van der Waals surface area contributed by atoms with Gasteiger partial charge in [-0.15, -0.1) is 0 Å². The van der Waals surface area contributed by atoms with Crippen LogP contribution in [0.15, 0.2) is 60.8 Å². The van der Waals surface area contributed by atoms with Crippen molar-refractivity contribution in [2.24, 2.45) is 0 Å². The molecule has 3 aromatic rings. The minimum Gasteiger partial charge on any atom is -0.338 e. The number of hydrogen-bond acceptors (Lipinski definition) is 5. The number of carbonyl (C=O) groups is 1. The molecule has 0 aliphatic carbocycles. The van der Waals surface area contributed by atoms with Crippen molar-refractivity contribution in [1.29, 1.82) is 0 Å². The molecule has 1 aliphatic rings. The maximum Gasteiger partial charge on any atom is 0.246 e. The van der Waals surface area contributed by atoms with Gasteiger partial charge in [0.15, 0.2) is 0 Å². The molecule has 3 heterocycles. The van der Waals surface area contributed by atoms with Crippen LogP contribution < -0.4 is 5.32 Å². The molecule has 1 fully saturated rings. The number of benzene rings is 1. The molecule has 1 atom stereocenters. The number of amides is 1. The fourth-order valence-electron chi connectivity index (χ4n) is 3.89. The first kappa shape index (κ1) is 20.7. The largest absolute Gasteiger partial charge is 0.338 e. The number of anilines is 2. The number of hydrogen-bond donors (Lipinski definition) is 1. The highest BCUT2D eigenvalue weighted by atomic mass is 16.2. The smallest absolute Gasteiger partial charge is 0.246 e. The highest BCUT2D eigenvalue weighted by molar-refractivity contribution is 5.91. The van der Waals surface area contributed by atoms with E-state index >= 15 is 0 Å². The summed E-state index contributed by atoms with van der Waals surface area (Å²) in [5, 5.41) is 3.22. The van der Waals surface area contributed by atoms with Gasteiger partial charge in [0.1, 0.15) is 0 Å². The zero-order chi connectivity index (χ0) is 21.6. The average Bonchev–Trinajstić information content (AvgIpc) is 2.78. The Balaban J connectivity index is 1.39. The predicted octanol–water partition coefficient (Wildman–Crippen LogP) is 4.65. The van der Waals surface area contributed by atoms with Crippen molar-refractivity contribution in [2.45, 2.75) is 32.6 Å².